The Morgan fingerprint density at radius 1 is 1.33 bits per heavy atom. The lowest BCUT2D eigenvalue weighted by Crippen LogP contribution is -2.41. The van der Waals surface area contributed by atoms with Crippen molar-refractivity contribution in [2.45, 2.75) is 26.4 Å². The summed E-state index contributed by atoms with van der Waals surface area (Å²) >= 11 is 1.50. The Balaban J connectivity index is 2.06. The van der Waals surface area contributed by atoms with Crippen LogP contribution < -0.4 is 17.0 Å². The van der Waals surface area contributed by atoms with Crippen molar-refractivity contribution in [3.8, 4) is 0 Å². The number of aromatic nitrogens is 4. The molecule has 0 bridgehead atoms. The number of nitrogens with zero attached hydrogens (tertiary/aromatic N) is 4. The van der Waals surface area contributed by atoms with Crippen LogP contribution in [0.1, 0.15) is 19.0 Å². The highest BCUT2D eigenvalue weighted by atomic mass is 32.1. The average Bonchev–Trinajstić information content (AvgIpc) is 3.02. The first kappa shape index (κ1) is 13.6. The zero-order valence-electron chi connectivity index (χ0n) is 11.5. The van der Waals surface area contributed by atoms with E-state index in [1.54, 1.807) is 0 Å². The third kappa shape index (κ3) is 2.38. The standard InChI is InChI=1S/C13H15N5O2S/c1-2-3-17-8-10(14)11(19)18(13(17)20)7-9-6-16-4-5-21-12(16)15-9/h4-6,8H,2-3,7,14H2,1H3. The minimum Gasteiger partial charge on any atom is -0.393 e. The first-order valence-corrected chi connectivity index (χ1v) is 7.49. The normalized spacial score (nSPS) is 11.3. The van der Waals surface area contributed by atoms with Crippen LogP contribution in [0.5, 0.6) is 0 Å². The molecule has 3 aromatic rings. The van der Waals surface area contributed by atoms with E-state index in [0.29, 0.717) is 12.2 Å². The quantitative estimate of drug-likeness (QED) is 0.771. The predicted molar refractivity (Wildman–Crippen MR) is 81.8 cm³/mol. The van der Waals surface area contributed by atoms with Crippen LogP contribution in [0.4, 0.5) is 5.69 Å². The molecule has 110 valence electrons. The summed E-state index contributed by atoms with van der Waals surface area (Å²) in [6, 6.07) is 0. The Labute approximate surface area is 123 Å². The number of nitrogen functional groups attached to an aromatic ring is 1. The molecule has 0 spiro atoms. The molecule has 0 aliphatic carbocycles. The molecule has 0 saturated heterocycles. The van der Waals surface area contributed by atoms with Crippen LogP contribution in [-0.2, 0) is 13.1 Å². The number of thiazole rings is 1. The Morgan fingerprint density at radius 2 is 2.14 bits per heavy atom. The van der Waals surface area contributed by atoms with E-state index < -0.39 is 5.56 Å². The lowest BCUT2D eigenvalue weighted by Gasteiger charge is -2.09. The lowest BCUT2D eigenvalue weighted by atomic mass is 10.4. The molecule has 0 aliphatic rings. The Morgan fingerprint density at radius 3 is 2.86 bits per heavy atom. The molecule has 3 rings (SSSR count). The van der Waals surface area contributed by atoms with E-state index in [2.05, 4.69) is 4.98 Å². The molecule has 0 amide bonds. The second kappa shape index (κ2) is 5.21. The summed E-state index contributed by atoms with van der Waals surface area (Å²) in [4.78, 5) is 29.6. The Kier molecular flexibility index (Phi) is 3.38. The molecule has 3 aromatic heterocycles. The maximum Gasteiger partial charge on any atom is 0.331 e. The van der Waals surface area contributed by atoms with Gasteiger partial charge >= 0.3 is 5.69 Å². The topological polar surface area (TPSA) is 87.3 Å². The van der Waals surface area contributed by atoms with Gasteiger partial charge in [-0.25, -0.2) is 9.78 Å². The molecular weight excluding hydrogens is 290 g/mol. The van der Waals surface area contributed by atoms with Crippen LogP contribution in [0.25, 0.3) is 4.96 Å². The van der Waals surface area contributed by atoms with Gasteiger partial charge in [0.25, 0.3) is 5.56 Å². The molecule has 7 nitrogen and oxygen atoms in total. The van der Waals surface area contributed by atoms with Crippen molar-refractivity contribution in [2.24, 2.45) is 0 Å². The average molecular weight is 305 g/mol. The molecule has 0 aliphatic heterocycles. The maximum atomic E-state index is 12.3. The van der Waals surface area contributed by atoms with E-state index in [1.165, 1.54) is 22.1 Å². The summed E-state index contributed by atoms with van der Waals surface area (Å²) in [5.41, 5.74) is 5.62. The highest BCUT2D eigenvalue weighted by molar-refractivity contribution is 7.15. The number of hydrogen-bond donors (Lipinski definition) is 1. The van der Waals surface area contributed by atoms with Crippen molar-refractivity contribution in [2.75, 3.05) is 5.73 Å². The SMILES string of the molecule is CCCn1cc(N)c(=O)n(Cc2cn3ccsc3n2)c1=O. The van der Waals surface area contributed by atoms with E-state index in [0.717, 1.165) is 15.9 Å². The van der Waals surface area contributed by atoms with Gasteiger partial charge in [0.1, 0.15) is 5.69 Å². The van der Waals surface area contributed by atoms with Gasteiger partial charge in [-0.3, -0.25) is 18.3 Å². The first-order valence-electron chi connectivity index (χ1n) is 6.61. The van der Waals surface area contributed by atoms with Crippen LogP contribution in [-0.4, -0.2) is 18.5 Å². The Bertz CT molecular complexity index is 873. The molecular formula is C13H15N5O2S. The van der Waals surface area contributed by atoms with Crippen molar-refractivity contribution in [3.05, 3.63) is 50.5 Å². The van der Waals surface area contributed by atoms with Gasteiger partial charge in [-0.05, 0) is 6.42 Å². The molecule has 2 N–H and O–H groups in total. The highest BCUT2D eigenvalue weighted by Crippen LogP contribution is 2.11. The van der Waals surface area contributed by atoms with E-state index in [-0.39, 0.29) is 17.9 Å². The van der Waals surface area contributed by atoms with Crippen LogP contribution in [0.2, 0.25) is 0 Å². The van der Waals surface area contributed by atoms with Crippen LogP contribution >= 0.6 is 11.3 Å². The largest absolute Gasteiger partial charge is 0.393 e. The van der Waals surface area contributed by atoms with Crippen molar-refractivity contribution in [1.82, 2.24) is 18.5 Å². The number of anilines is 1. The van der Waals surface area contributed by atoms with Crippen molar-refractivity contribution in [3.63, 3.8) is 0 Å². The van der Waals surface area contributed by atoms with Gasteiger partial charge in [0, 0.05) is 30.5 Å². The van der Waals surface area contributed by atoms with Gasteiger partial charge in [-0.1, -0.05) is 6.92 Å². The zero-order chi connectivity index (χ0) is 15.0. The summed E-state index contributed by atoms with van der Waals surface area (Å²) in [5.74, 6) is 0. The summed E-state index contributed by atoms with van der Waals surface area (Å²) in [6.45, 7) is 2.62. The van der Waals surface area contributed by atoms with Crippen molar-refractivity contribution in [1.29, 1.82) is 0 Å². The summed E-state index contributed by atoms with van der Waals surface area (Å²) in [7, 11) is 0. The number of hydrogen-bond acceptors (Lipinski definition) is 5. The first-order chi connectivity index (χ1) is 10.1. The van der Waals surface area contributed by atoms with Gasteiger partial charge in [-0.15, -0.1) is 11.3 Å². The van der Waals surface area contributed by atoms with Crippen molar-refractivity contribution >= 4 is 22.0 Å². The molecule has 0 radical (unpaired) electrons. The fourth-order valence-electron chi connectivity index (χ4n) is 2.23. The number of aryl methyl sites for hydroxylation is 1. The smallest absolute Gasteiger partial charge is 0.331 e. The predicted octanol–water partition coefficient (Wildman–Crippen LogP) is 0.760. The van der Waals surface area contributed by atoms with Gasteiger partial charge in [0.2, 0.25) is 0 Å². The van der Waals surface area contributed by atoms with Gasteiger partial charge < -0.3 is 5.73 Å². The number of fused-ring (bicyclic) bond motifs is 1. The molecule has 0 unspecified atom stereocenters. The Hall–Kier alpha value is -2.35. The maximum absolute atomic E-state index is 12.3. The number of nitrogens with two attached hydrogens (primary N) is 1. The second-order valence-electron chi connectivity index (χ2n) is 4.78. The van der Waals surface area contributed by atoms with E-state index in [9.17, 15) is 9.59 Å². The fourth-order valence-corrected chi connectivity index (χ4v) is 2.95. The van der Waals surface area contributed by atoms with Crippen molar-refractivity contribution < 1.29 is 0 Å². The summed E-state index contributed by atoms with van der Waals surface area (Å²) < 4.78 is 4.47. The van der Waals surface area contributed by atoms with Crippen LogP contribution in [0.15, 0.2) is 33.6 Å². The number of rotatable bonds is 4. The molecule has 8 heteroatoms. The van der Waals surface area contributed by atoms with E-state index in [4.69, 9.17) is 5.73 Å². The minimum atomic E-state index is -0.469. The molecule has 3 heterocycles. The summed E-state index contributed by atoms with van der Waals surface area (Å²) in [5, 5.41) is 1.92. The third-order valence-electron chi connectivity index (χ3n) is 3.19. The highest BCUT2D eigenvalue weighted by Gasteiger charge is 2.11. The molecule has 0 atom stereocenters. The van der Waals surface area contributed by atoms with Crippen LogP contribution in [0.3, 0.4) is 0 Å². The number of imidazole rings is 1. The molecule has 0 saturated carbocycles. The molecule has 0 aromatic carbocycles. The van der Waals surface area contributed by atoms with Gasteiger partial charge in [-0.2, -0.15) is 0 Å². The van der Waals surface area contributed by atoms with Gasteiger partial charge in [0.15, 0.2) is 4.96 Å². The fraction of sp³-hybridized carbons (Fsp3) is 0.308. The van der Waals surface area contributed by atoms with Gasteiger partial charge in [0.05, 0.1) is 12.2 Å². The molecule has 0 fully saturated rings. The zero-order valence-corrected chi connectivity index (χ0v) is 12.3. The molecule has 21 heavy (non-hydrogen) atoms. The van der Waals surface area contributed by atoms with E-state index in [1.807, 2.05) is 29.1 Å². The summed E-state index contributed by atoms with van der Waals surface area (Å²) in [6.07, 6.45) is 5.90. The lowest BCUT2D eigenvalue weighted by molar-refractivity contribution is 0.570. The monoisotopic (exact) mass is 305 g/mol. The second-order valence-corrected chi connectivity index (χ2v) is 5.65. The minimum absolute atomic E-state index is 0.0732. The third-order valence-corrected chi connectivity index (χ3v) is 3.96. The van der Waals surface area contributed by atoms with Crippen LogP contribution in [0, 0.1) is 0 Å². The van der Waals surface area contributed by atoms with E-state index >= 15 is 0 Å².